The molecule has 3 aromatic carbocycles. The fourth-order valence-corrected chi connectivity index (χ4v) is 2.72. The Morgan fingerprint density at radius 2 is 1.63 bits per heavy atom. The lowest BCUT2D eigenvalue weighted by Gasteiger charge is -2.13. The maximum atomic E-state index is 5.67. The normalized spacial score (nSPS) is 12.4. The summed E-state index contributed by atoms with van der Waals surface area (Å²) in [7, 11) is 0. The van der Waals surface area contributed by atoms with Gasteiger partial charge in [-0.15, -0.1) is 6.42 Å². The third kappa shape index (κ3) is 1.98. The number of hydrogen-bond acceptors (Lipinski definition) is 0. The highest BCUT2D eigenvalue weighted by Gasteiger charge is 2.10. The van der Waals surface area contributed by atoms with E-state index in [4.69, 9.17) is 6.42 Å². The summed E-state index contributed by atoms with van der Waals surface area (Å²) in [5.41, 5.74) is 1.27. The molecule has 1 unspecified atom stereocenters. The summed E-state index contributed by atoms with van der Waals surface area (Å²) in [6, 6.07) is 19.4. The molecule has 3 aromatic rings. The quantitative estimate of drug-likeness (QED) is 0.433. The summed E-state index contributed by atoms with van der Waals surface area (Å²) in [6.07, 6.45) is 6.64. The molecule has 0 heteroatoms. The first-order valence-electron chi connectivity index (χ1n) is 6.71. The first-order valence-corrected chi connectivity index (χ1v) is 6.71. The van der Waals surface area contributed by atoms with Crippen LogP contribution in [0.4, 0.5) is 0 Å². The van der Waals surface area contributed by atoms with Crippen molar-refractivity contribution in [3.63, 3.8) is 0 Å². The molecule has 0 saturated heterocycles. The molecular weight excluding hydrogens is 228 g/mol. The fourth-order valence-electron chi connectivity index (χ4n) is 2.72. The van der Waals surface area contributed by atoms with Gasteiger partial charge in [0.05, 0.1) is 0 Å². The van der Waals surface area contributed by atoms with Gasteiger partial charge in [0, 0.05) is 5.92 Å². The van der Waals surface area contributed by atoms with Crippen LogP contribution in [-0.2, 0) is 0 Å². The Labute approximate surface area is 114 Å². The van der Waals surface area contributed by atoms with E-state index in [-0.39, 0.29) is 5.92 Å². The molecule has 0 saturated carbocycles. The average molecular weight is 244 g/mol. The Kier molecular flexibility index (Phi) is 2.97. The van der Waals surface area contributed by atoms with Crippen molar-refractivity contribution in [3.05, 3.63) is 60.2 Å². The average Bonchev–Trinajstić information content (AvgIpc) is 2.46. The van der Waals surface area contributed by atoms with Crippen LogP contribution in [0.2, 0.25) is 0 Å². The minimum atomic E-state index is 0.199. The summed E-state index contributed by atoms with van der Waals surface area (Å²) in [5, 5.41) is 5.10. The predicted octanol–water partition coefficient (Wildman–Crippen LogP) is 5.12. The molecule has 0 bridgehead atoms. The molecule has 0 N–H and O–H groups in total. The van der Waals surface area contributed by atoms with Crippen LogP contribution in [0, 0.1) is 12.3 Å². The molecule has 0 amide bonds. The maximum Gasteiger partial charge on any atom is 0.0453 e. The number of hydrogen-bond donors (Lipinski definition) is 0. The zero-order valence-corrected chi connectivity index (χ0v) is 11.1. The van der Waals surface area contributed by atoms with Crippen molar-refractivity contribution in [2.45, 2.75) is 19.3 Å². The standard InChI is InChI=1S/C19H16/c1-3-14(4-2)18-11-7-10-17-12-15-8-5-6-9-16(15)13-19(17)18/h1,5-14H,4H2,2H3. The van der Waals surface area contributed by atoms with Crippen LogP contribution in [0.15, 0.2) is 54.6 Å². The Morgan fingerprint density at radius 3 is 2.32 bits per heavy atom. The van der Waals surface area contributed by atoms with Crippen molar-refractivity contribution in [2.24, 2.45) is 0 Å². The molecule has 0 fully saturated rings. The van der Waals surface area contributed by atoms with Crippen molar-refractivity contribution in [2.75, 3.05) is 0 Å². The summed E-state index contributed by atoms with van der Waals surface area (Å²) in [4.78, 5) is 0. The van der Waals surface area contributed by atoms with Gasteiger partial charge < -0.3 is 0 Å². The molecule has 3 rings (SSSR count). The van der Waals surface area contributed by atoms with Gasteiger partial charge in [0.15, 0.2) is 0 Å². The topological polar surface area (TPSA) is 0 Å². The second-order valence-corrected chi connectivity index (χ2v) is 4.90. The molecule has 92 valence electrons. The van der Waals surface area contributed by atoms with Crippen molar-refractivity contribution in [1.82, 2.24) is 0 Å². The van der Waals surface area contributed by atoms with E-state index in [0.29, 0.717) is 0 Å². The van der Waals surface area contributed by atoms with Crippen molar-refractivity contribution >= 4 is 21.5 Å². The number of fused-ring (bicyclic) bond motifs is 2. The van der Waals surface area contributed by atoms with Crippen LogP contribution in [0.3, 0.4) is 0 Å². The molecule has 0 spiro atoms. The molecule has 0 radical (unpaired) electrons. The van der Waals surface area contributed by atoms with Crippen LogP contribution in [-0.4, -0.2) is 0 Å². The van der Waals surface area contributed by atoms with E-state index >= 15 is 0 Å². The highest BCUT2D eigenvalue weighted by Crippen LogP contribution is 2.30. The minimum absolute atomic E-state index is 0.199. The van der Waals surface area contributed by atoms with Crippen molar-refractivity contribution in [3.8, 4) is 12.3 Å². The lowest BCUT2D eigenvalue weighted by Crippen LogP contribution is -1.95. The molecule has 0 aliphatic rings. The van der Waals surface area contributed by atoms with Gasteiger partial charge in [0.2, 0.25) is 0 Å². The molecule has 0 heterocycles. The maximum absolute atomic E-state index is 5.67. The van der Waals surface area contributed by atoms with Gasteiger partial charge in [0.1, 0.15) is 0 Å². The summed E-state index contributed by atoms with van der Waals surface area (Å²) in [6.45, 7) is 2.14. The van der Waals surface area contributed by atoms with Gasteiger partial charge in [-0.25, -0.2) is 0 Å². The highest BCUT2D eigenvalue weighted by atomic mass is 14.1. The van der Waals surface area contributed by atoms with E-state index < -0.39 is 0 Å². The Bertz CT molecular complexity index is 775. The van der Waals surface area contributed by atoms with E-state index in [2.05, 4.69) is 67.4 Å². The van der Waals surface area contributed by atoms with Crippen LogP contribution in [0.5, 0.6) is 0 Å². The predicted molar refractivity (Wildman–Crippen MR) is 83.3 cm³/mol. The molecule has 19 heavy (non-hydrogen) atoms. The zero-order chi connectivity index (χ0) is 13.2. The summed E-state index contributed by atoms with van der Waals surface area (Å²) >= 11 is 0. The van der Waals surface area contributed by atoms with Gasteiger partial charge >= 0.3 is 0 Å². The Balaban J connectivity index is 2.35. The second-order valence-electron chi connectivity index (χ2n) is 4.90. The highest BCUT2D eigenvalue weighted by molar-refractivity contribution is 5.99. The van der Waals surface area contributed by atoms with Crippen molar-refractivity contribution in [1.29, 1.82) is 0 Å². The van der Waals surface area contributed by atoms with Crippen LogP contribution in [0.25, 0.3) is 21.5 Å². The van der Waals surface area contributed by atoms with Crippen LogP contribution in [0.1, 0.15) is 24.8 Å². The summed E-state index contributed by atoms with van der Waals surface area (Å²) in [5.74, 6) is 3.11. The molecule has 0 aliphatic carbocycles. The van der Waals surface area contributed by atoms with E-state index in [1.165, 1.54) is 27.1 Å². The van der Waals surface area contributed by atoms with E-state index in [0.717, 1.165) is 6.42 Å². The van der Waals surface area contributed by atoms with Gasteiger partial charge in [-0.3, -0.25) is 0 Å². The lowest BCUT2D eigenvalue weighted by molar-refractivity contribution is 0.838. The molecule has 1 atom stereocenters. The van der Waals surface area contributed by atoms with Gasteiger partial charge in [0.25, 0.3) is 0 Å². The third-order valence-electron chi connectivity index (χ3n) is 3.77. The lowest BCUT2D eigenvalue weighted by atomic mass is 9.91. The van der Waals surface area contributed by atoms with Crippen molar-refractivity contribution < 1.29 is 0 Å². The summed E-state index contributed by atoms with van der Waals surface area (Å²) < 4.78 is 0. The molecule has 0 nitrogen and oxygen atoms in total. The first-order chi connectivity index (χ1) is 9.33. The number of rotatable bonds is 2. The zero-order valence-electron chi connectivity index (χ0n) is 11.1. The minimum Gasteiger partial charge on any atom is -0.119 e. The van der Waals surface area contributed by atoms with E-state index in [1.54, 1.807) is 0 Å². The number of terminal acetylenes is 1. The first kappa shape index (κ1) is 11.8. The SMILES string of the molecule is C#CC(CC)c1cccc2cc3ccccc3cc12. The Hall–Kier alpha value is -2.26. The van der Waals surface area contributed by atoms with Crippen LogP contribution >= 0.6 is 0 Å². The molecule has 0 aliphatic heterocycles. The van der Waals surface area contributed by atoms with Crippen LogP contribution < -0.4 is 0 Å². The largest absolute Gasteiger partial charge is 0.119 e. The van der Waals surface area contributed by atoms with Gasteiger partial charge in [-0.1, -0.05) is 55.3 Å². The van der Waals surface area contributed by atoms with E-state index in [9.17, 15) is 0 Å². The monoisotopic (exact) mass is 244 g/mol. The smallest absolute Gasteiger partial charge is 0.0453 e. The van der Waals surface area contributed by atoms with E-state index in [1.807, 2.05) is 0 Å². The fraction of sp³-hybridized carbons (Fsp3) is 0.158. The third-order valence-corrected chi connectivity index (χ3v) is 3.77. The van der Waals surface area contributed by atoms with Gasteiger partial charge in [-0.2, -0.15) is 0 Å². The second kappa shape index (κ2) is 4.78. The Morgan fingerprint density at radius 1 is 0.947 bits per heavy atom. The molecular formula is C19H16. The number of benzene rings is 3. The van der Waals surface area contributed by atoms with Gasteiger partial charge in [-0.05, 0) is 45.7 Å². The molecule has 0 aromatic heterocycles.